The Kier molecular flexibility index (Phi) is 4.25. The number of carbonyl (C=O) groups is 1. The molecular weight excluding hydrogens is 281 g/mol. The highest BCUT2D eigenvalue weighted by atomic mass is 35.5. The number of hydrogen-bond acceptors (Lipinski definition) is 2. The Labute approximate surface area is 121 Å². The summed E-state index contributed by atoms with van der Waals surface area (Å²) in [5.74, 6) is -0.188. The first-order valence-electron chi connectivity index (χ1n) is 5.92. The first-order valence-corrected chi connectivity index (χ1v) is 6.30. The van der Waals surface area contributed by atoms with E-state index in [0.29, 0.717) is 27.6 Å². The Balaban J connectivity index is 2.21. The average molecular weight is 294 g/mol. The van der Waals surface area contributed by atoms with Gasteiger partial charge in [0.1, 0.15) is 11.6 Å². The lowest BCUT2D eigenvalue weighted by atomic mass is 10.1. The zero-order valence-corrected chi connectivity index (χ0v) is 11.8. The first-order chi connectivity index (χ1) is 9.51. The van der Waals surface area contributed by atoms with E-state index < -0.39 is 0 Å². The van der Waals surface area contributed by atoms with E-state index in [1.54, 1.807) is 25.1 Å². The van der Waals surface area contributed by atoms with Crippen LogP contribution in [0.3, 0.4) is 0 Å². The molecule has 0 aliphatic rings. The van der Waals surface area contributed by atoms with Crippen LogP contribution in [0.1, 0.15) is 15.9 Å². The SMILES string of the molecule is COc1cc(NC(=O)c2ccc(F)c(C)c2)ccc1Cl. The molecule has 20 heavy (non-hydrogen) atoms. The normalized spacial score (nSPS) is 10.2. The zero-order valence-electron chi connectivity index (χ0n) is 11.0. The van der Waals surface area contributed by atoms with Gasteiger partial charge in [0.2, 0.25) is 0 Å². The molecule has 2 aromatic rings. The summed E-state index contributed by atoms with van der Waals surface area (Å²) < 4.78 is 18.2. The molecule has 0 radical (unpaired) electrons. The van der Waals surface area contributed by atoms with Gasteiger partial charge in [-0.25, -0.2) is 4.39 Å². The molecule has 3 nitrogen and oxygen atoms in total. The van der Waals surface area contributed by atoms with Crippen LogP contribution < -0.4 is 10.1 Å². The van der Waals surface area contributed by atoms with Crippen LogP contribution >= 0.6 is 11.6 Å². The second kappa shape index (κ2) is 5.92. The molecule has 1 N–H and O–H groups in total. The topological polar surface area (TPSA) is 38.3 Å². The van der Waals surface area contributed by atoms with Crippen LogP contribution in [0.4, 0.5) is 10.1 Å². The van der Waals surface area contributed by atoms with E-state index in [4.69, 9.17) is 16.3 Å². The van der Waals surface area contributed by atoms with E-state index >= 15 is 0 Å². The third kappa shape index (κ3) is 3.08. The van der Waals surface area contributed by atoms with Crippen molar-refractivity contribution in [3.63, 3.8) is 0 Å². The zero-order chi connectivity index (χ0) is 14.7. The van der Waals surface area contributed by atoms with Gasteiger partial charge in [0.25, 0.3) is 5.91 Å². The predicted molar refractivity (Wildman–Crippen MR) is 77.1 cm³/mol. The summed E-state index contributed by atoms with van der Waals surface area (Å²) in [5.41, 5.74) is 1.36. The van der Waals surface area contributed by atoms with E-state index in [1.807, 2.05) is 0 Å². The molecule has 0 bridgehead atoms. The molecule has 0 atom stereocenters. The van der Waals surface area contributed by atoms with E-state index in [9.17, 15) is 9.18 Å². The summed E-state index contributed by atoms with van der Waals surface area (Å²) in [6, 6.07) is 9.12. The maximum Gasteiger partial charge on any atom is 0.255 e. The molecule has 0 aromatic heterocycles. The fraction of sp³-hybridized carbons (Fsp3) is 0.133. The van der Waals surface area contributed by atoms with Crippen LogP contribution in [-0.4, -0.2) is 13.0 Å². The van der Waals surface area contributed by atoms with Gasteiger partial charge in [-0.05, 0) is 42.8 Å². The van der Waals surface area contributed by atoms with Crippen molar-refractivity contribution in [1.29, 1.82) is 0 Å². The highest BCUT2D eigenvalue weighted by molar-refractivity contribution is 6.32. The molecule has 0 unspecified atom stereocenters. The summed E-state index contributed by atoms with van der Waals surface area (Å²) in [6.07, 6.45) is 0. The predicted octanol–water partition coefficient (Wildman–Crippen LogP) is 4.05. The third-order valence-corrected chi connectivity index (χ3v) is 3.14. The van der Waals surface area contributed by atoms with Gasteiger partial charge in [0.05, 0.1) is 12.1 Å². The van der Waals surface area contributed by atoms with Crippen molar-refractivity contribution in [1.82, 2.24) is 0 Å². The summed E-state index contributed by atoms with van der Waals surface area (Å²) in [7, 11) is 1.50. The lowest BCUT2D eigenvalue weighted by Gasteiger charge is -2.09. The summed E-state index contributed by atoms with van der Waals surface area (Å²) in [5, 5.41) is 3.17. The van der Waals surface area contributed by atoms with E-state index in [1.165, 1.54) is 25.3 Å². The van der Waals surface area contributed by atoms with Gasteiger partial charge in [-0.3, -0.25) is 4.79 Å². The molecule has 0 spiro atoms. The van der Waals surface area contributed by atoms with Crippen molar-refractivity contribution in [2.75, 3.05) is 12.4 Å². The Hall–Kier alpha value is -2.07. The number of nitrogens with one attached hydrogen (secondary N) is 1. The number of halogens is 2. The lowest BCUT2D eigenvalue weighted by molar-refractivity contribution is 0.102. The molecule has 0 fully saturated rings. The Morgan fingerprint density at radius 2 is 2.00 bits per heavy atom. The van der Waals surface area contributed by atoms with Crippen molar-refractivity contribution in [2.45, 2.75) is 6.92 Å². The van der Waals surface area contributed by atoms with E-state index in [2.05, 4.69) is 5.32 Å². The second-order valence-corrected chi connectivity index (χ2v) is 4.67. The smallest absolute Gasteiger partial charge is 0.255 e. The minimum Gasteiger partial charge on any atom is -0.495 e. The molecule has 1 amide bonds. The first kappa shape index (κ1) is 14.3. The fourth-order valence-electron chi connectivity index (χ4n) is 1.73. The molecule has 0 heterocycles. The summed E-state index contributed by atoms with van der Waals surface area (Å²) in [6.45, 7) is 1.61. The van der Waals surface area contributed by atoms with Gasteiger partial charge in [0.15, 0.2) is 0 Å². The fourth-order valence-corrected chi connectivity index (χ4v) is 1.92. The maximum atomic E-state index is 13.2. The average Bonchev–Trinajstić information content (AvgIpc) is 2.43. The van der Waals surface area contributed by atoms with Gasteiger partial charge in [-0.2, -0.15) is 0 Å². The molecule has 0 saturated heterocycles. The van der Waals surface area contributed by atoms with Crippen LogP contribution in [0.5, 0.6) is 5.75 Å². The second-order valence-electron chi connectivity index (χ2n) is 4.27. The van der Waals surface area contributed by atoms with Gasteiger partial charge in [-0.15, -0.1) is 0 Å². The standard InChI is InChI=1S/C15H13ClFNO2/c1-9-7-10(3-6-13(9)17)15(19)18-11-4-5-12(16)14(8-11)20-2/h3-8H,1-2H3,(H,18,19). The van der Waals surface area contributed by atoms with Crippen molar-refractivity contribution in [3.05, 3.63) is 58.4 Å². The van der Waals surface area contributed by atoms with E-state index in [0.717, 1.165) is 0 Å². The number of carbonyl (C=O) groups excluding carboxylic acids is 1. The third-order valence-electron chi connectivity index (χ3n) is 2.83. The van der Waals surface area contributed by atoms with Crippen LogP contribution in [-0.2, 0) is 0 Å². The molecule has 0 aliphatic carbocycles. The van der Waals surface area contributed by atoms with Crippen molar-refractivity contribution in [2.24, 2.45) is 0 Å². The number of rotatable bonds is 3. The van der Waals surface area contributed by atoms with Crippen molar-refractivity contribution in [3.8, 4) is 5.75 Å². The molecule has 5 heteroatoms. The number of aryl methyl sites for hydroxylation is 1. The molecular formula is C15H13ClFNO2. The number of amides is 1. The van der Waals surface area contributed by atoms with Crippen molar-refractivity contribution >= 4 is 23.2 Å². The monoisotopic (exact) mass is 293 g/mol. The number of hydrogen-bond donors (Lipinski definition) is 1. The van der Waals surface area contributed by atoms with Crippen molar-refractivity contribution < 1.29 is 13.9 Å². The molecule has 2 rings (SSSR count). The number of benzene rings is 2. The van der Waals surface area contributed by atoms with Crippen LogP contribution in [0.15, 0.2) is 36.4 Å². The number of anilines is 1. The maximum absolute atomic E-state index is 13.2. The van der Waals surface area contributed by atoms with Gasteiger partial charge in [0, 0.05) is 17.3 Å². The number of ether oxygens (including phenoxy) is 1. The van der Waals surface area contributed by atoms with Crippen LogP contribution in [0.2, 0.25) is 5.02 Å². The van der Waals surface area contributed by atoms with Crippen LogP contribution in [0, 0.1) is 12.7 Å². The molecule has 0 saturated carbocycles. The summed E-state index contributed by atoms with van der Waals surface area (Å²) >= 11 is 5.91. The molecule has 104 valence electrons. The lowest BCUT2D eigenvalue weighted by Crippen LogP contribution is -2.12. The minimum atomic E-state index is -0.338. The Bertz CT molecular complexity index is 658. The molecule has 0 aliphatic heterocycles. The largest absolute Gasteiger partial charge is 0.495 e. The van der Waals surface area contributed by atoms with Gasteiger partial charge >= 0.3 is 0 Å². The Morgan fingerprint density at radius 3 is 2.65 bits per heavy atom. The highest BCUT2D eigenvalue weighted by Gasteiger charge is 2.09. The van der Waals surface area contributed by atoms with E-state index in [-0.39, 0.29) is 11.7 Å². The van der Waals surface area contributed by atoms with Gasteiger partial charge < -0.3 is 10.1 Å². The highest BCUT2D eigenvalue weighted by Crippen LogP contribution is 2.27. The minimum absolute atomic E-state index is 0.322. The quantitative estimate of drug-likeness (QED) is 0.927. The van der Waals surface area contributed by atoms with Crippen LogP contribution in [0.25, 0.3) is 0 Å². The number of methoxy groups -OCH3 is 1. The molecule has 2 aromatic carbocycles. The van der Waals surface area contributed by atoms with Gasteiger partial charge in [-0.1, -0.05) is 11.6 Å². The summed E-state index contributed by atoms with van der Waals surface area (Å²) in [4.78, 5) is 12.1. The Morgan fingerprint density at radius 1 is 1.25 bits per heavy atom.